The van der Waals surface area contributed by atoms with Gasteiger partial charge in [0.05, 0.1) is 18.8 Å². The number of rotatable bonds is 6. The van der Waals surface area contributed by atoms with Crippen molar-refractivity contribution in [1.29, 1.82) is 0 Å². The van der Waals surface area contributed by atoms with E-state index in [9.17, 15) is 13.2 Å². The molecule has 0 saturated carbocycles. The monoisotopic (exact) mass is 406 g/mol. The minimum absolute atomic E-state index is 0.0700. The summed E-state index contributed by atoms with van der Waals surface area (Å²) in [5, 5.41) is 3.59. The van der Waals surface area contributed by atoms with Gasteiger partial charge in [0.1, 0.15) is 0 Å². The van der Waals surface area contributed by atoms with Crippen molar-refractivity contribution in [1.82, 2.24) is 9.62 Å². The number of amides is 1. The Morgan fingerprint density at radius 1 is 1.19 bits per heavy atom. The molecule has 7 heteroatoms. The summed E-state index contributed by atoms with van der Waals surface area (Å²) in [5.41, 5.74) is 3.15. The van der Waals surface area contributed by atoms with E-state index in [1.807, 2.05) is 18.2 Å². The molecule has 0 bridgehead atoms. The van der Waals surface area contributed by atoms with E-state index in [-0.39, 0.29) is 25.0 Å². The van der Waals surface area contributed by atoms with Crippen LogP contribution in [0.4, 0.5) is 0 Å². The van der Waals surface area contributed by atoms with Gasteiger partial charge in [-0.25, -0.2) is 8.42 Å². The van der Waals surface area contributed by atoms with Gasteiger partial charge in [-0.2, -0.15) is 4.31 Å². The average Bonchev–Trinajstić information content (AvgIpc) is 2.62. The molecule has 0 spiro atoms. The Balaban J connectivity index is 1.69. The first-order valence-electron chi connectivity index (χ1n) is 8.89. The van der Waals surface area contributed by atoms with Gasteiger partial charge in [-0.15, -0.1) is 0 Å². The molecular weight excluding hydrogens is 384 g/mol. The van der Waals surface area contributed by atoms with Crippen molar-refractivity contribution < 1.29 is 13.2 Å². The van der Waals surface area contributed by atoms with Crippen LogP contribution in [0.25, 0.3) is 0 Å². The van der Waals surface area contributed by atoms with Crippen LogP contribution in [0.5, 0.6) is 0 Å². The van der Waals surface area contributed by atoms with Gasteiger partial charge in [0.25, 0.3) is 0 Å². The van der Waals surface area contributed by atoms with Gasteiger partial charge in [-0.05, 0) is 48.1 Å². The molecule has 1 aliphatic rings. The fourth-order valence-corrected chi connectivity index (χ4v) is 4.25. The number of sulfonamides is 1. The zero-order valence-electron chi connectivity index (χ0n) is 15.2. The summed E-state index contributed by atoms with van der Waals surface area (Å²) in [5.74, 6) is -0.295. The SMILES string of the molecule is CS(=O)(=O)N(CC(=O)NC1CCCc2ccccc21)Cc1ccc(Cl)cc1. The summed E-state index contributed by atoms with van der Waals surface area (Å²) in [7, 11) is -3.53. The number of carbonyl (C=O) groups is 1. The predicted octanol–water partition coefficient (Wildman–Crippen LogP) is 3.30. The molecule has 0 aliphatic heterocycles. The number of carbonyl (C=O) groups excluding carboxylic acids is 1. The highest BCUT2D eigenvalue weighted by Gasteiger charge is 2.25. The summed E-state index contributed by atoms with van der Waals surface area (Å²) >= 11 is 5.88. The van der Waals surface area contributed by atoms with Gasteiger partial charge in [0.2, 0.25) is 15.9 Å². The number of halogens is 1. The second-order valence-electron chi connectivity index (χ2n) is 6.87. The molecule has 2 aromatic carbocycles. The van der Waals surface area contributed by atoms with Crippen molar-refractivity contribution in [3.63, 3.8) is 0 Å². The second kappa shape index (κ2) is 8.42. The molecule has 3 rings (SSSR count). The minimum Gasteiger partial charge on any atom is -0.348 e. The predicted molar refractivity (Wildman–Crippen MR) is 107 cm³/mol. The third-order valence-electron chi connectivity index (χ3n) is 4.77. The van der Waals surface area contributed by atoms with Crippen molar-refractivity contribution >= 4 is 27.5 Å². The molecule has 144 valence electrons. The van der Waals surface area contributed by atoms with E-state index < -0.39 is 10.0 Å². The van der Waals surface area contributed by atoms with Gasteiger partial charge in [0, 0.05) is 11.6 Å². The number of hydrogen-bond donors (Lipinski definition) is 1. The third kappa shape index (κ3) is 5.31. The van der Waals surface area contributed by atoms with Crippen molar-refractivity contribution in [2.45, 2.75) is 31.8 Å². The molecule has 0 aromatic heterocycles. The second-order valence-corrected chi connectivity index (χ2v) is 9.29. The minimum atomic E-state index is -3.53. The van der Waals surface area contributed by atoms with Crippen LogP contribution < -0.4 is 5.32 Å². The number of nitrogens with one attached hydrogen (secondary N) is 1. The lowest BCUT2D eigenvalue weighted by molar-refractivity contribution is -0.122. The maximum atomic E-state index is 12.6. The first-order valence-corrected chi connectivity index (χ1v) is 11.1. The van der Waals surface area contributed by atoms with Crippen molar-refractivity contribution in [3.05, 3.63) is 70.2 Å². The average molecular weight is 407 g/mol. The highest BCUT2D eigenvalue weighted by atomic mass is 35.5. The molecule has 27 heavy (non-hydrogen) atoms. The van der Waals surface area contributed by atoms with Crippen LogP contribution in [0, 0.1) is 0 Å². The zero-order valence-corrected chi connectivity index (χ0v) is 16.8. The largest absolute Gasteiger partial charge is 0.348 e. The van der Waals surface area contributed by atoms with Gasteiger partial charge in [0.15, 0.2) is 0 Å². The highest BCUT2D eigenvalue weighted by Crippen LogP contribution is 2.29. The number of hydrogen-bond acceptors (Lipinski definition) is 3. The van der Waals surface area contributed by atoms with Crippen molar-refractivity contribution in [2.75, 3.05) is 12.8 Å². The Morgan fingerprint density at radius 2 is 1.89 bits per heavy atom. The molecule has 0 heterocycles. The van der Waals surface area contributed by atoms with Crippen LogP contribution in [-0.4, -0.2) is 31.4 Å². The van der Waals surface area contributed by atoms with Crippen LogP contribution in [-0.2, 0) is 27.8 Å². The fraction of sp³-hybridized carbons (Fsp3) is 0.350. The van der Waals surface area contributed by atoms with E-state index in [4.69, 9.17) is 11.6 Å². The van der Waals surface area contributed by atoms with Crippen molar-refractivity contribution in [3.8, 4) is 0 Å². The Labute approximate surface area is 165 Å². The van der Waals surface area contributed by atoms with Gasteiger partial charge in [-0.3, -0.25) is 4.79 Å². The molecule has 1 aliphatic carbocycles. The third-order valence-corrected chi connectivity index (χ3v) is 6.21. The molecule has 5 nitrogen and oxygen atoms in total. The maximum Gasteiger partial charge on any atom is 0.235 e. The molecule has 1 N–H and O–H groups in total. The number of fused-ring (bicyclic) bond motifs is 1. The van der Waals surface area contributed by atoms with Crippen molar-refractivity contribution in [2.24, 2.45) is 0 Å². The van der Waals surface area contributed by atoms with E-state index in [0.717, 1.165) is 36.6 Å². The summed E-state index contributed by atoms with van der Waals surface area (Å²) in [6, 6.07) is 14.9. The van der Waals surface area contributed by atoms with E-state index in [1.54, 1.807) is 24.3 Å². The molecule has 1 unspecified atom stereocenters. The standard InChI is InChI=1S/C20H23ClN2O3S/c1-27(25,26)23(13-15-9-11-17(21)12-10-15)14-20(24)22-19-8-4-6-16-5-2-3-7-18(16)19/h2-3,5,7,9-12,19H,4,6,8,13-14H2,1H3,(H,22,24). The Bertz CT molecular complexity index is 913. The van der Waals surface area contributed by atoms with Crippen LogP contribution in [0.1, 0.15) is 35.6 Å². The topological polar surface area (TPSA) is 66.5 Å². The van der Waals surface area contributed by atoms with Gasteiger partial charge < -0.3 is 5.32 Å². The van der Waals surface area contributed by atoms with Gasteiger partial charge in [-0.1, -0.05) is 48.0 Å². The quantitative estimate of drug-likeness (QED) is 0.800. The summed E-state index contributed by atoms with van der Waals surface area (Å²) in [6.07, 6.45) is 3.99. The molecule has 1 atom stereocenters. The summed E-state index contributed by atoms with van der Waals surface area (Å²) < 4.78 is 25.5. The molecular formula is C20H23ClN2O3S. The molecule has 0 saturated heterocycles. The molecule has 0 fully saturated rings. The molecule has 2 aromatic rings. The Morgan fingerprint density at radius 3 is 2.59 bits per heavy atom. The number of nitrogens with zero attached hydrogens (tertiary/aromatic N) is 1. The number of benzene rings is 2. The normalized spacial score (nSPS) is 16.8. The lowest BCUT2D eigenvalue weighted by Crippen LogP contribution is -2.41. The Hall–Kier alpha value is -1.89. The highest BCUT2D eigenvalue weighted by molar-refractivity contribution is 7.88. The first-order chi connectivity index (χ1) is 12.8. The lowest BCUT2D eigenvalue weighted by atomic mass is 9.88. The Kier molecular flexibility index (Phi) is 6.19. The van der Waals surface area contributed by atoms with E-state index in [0.29, 0.717) is 5.02 Å². The smallest absolute Gasteiger partial charge is 0.235 e. The maximum absolute atomic E-state index is 12.6. The summed E-state index contributed by atoms with van der Waals surface area (Å²) in [4.78, 5) is 12.6. The van der Waals surface area contributed by atoms with Crippen LogP contribution >= 0.6 is 11.6 Å². The van der Waals surface area contributed by atoms with E-state index >= 15 is 0 Å². The fourth-order valence-electron chi connectivity index (χ4n) is 3.39. The zero-order chi connectivity index (χ0) is 19.4. The van der Waals surface area contributed by atoms with E-state index in [1.165, 1.54) is 9.87 Å². The van der Waals surface area contributed by atoms with Crippen LogP contribution in [0.2, 0.25) is 5.02 Å². The van der Waals surface area contributed by atoms with Crippen LogP contribution in [0.3, 0.4) is 0 Å². The first kappa shape index (κ1) is 19.9. The number of aryl methyl sites for hydroxylation is 1. The summed E-state index contributed by atoms with van der Waals surface area (Å²) in [6.45, 7) is -0.0786. The van der Waals surface area contributed by atoms with E-state index in [2.05, 4.69) is 11.4 Å². The lowest BCUT2D eigenvalue weighted by Gasteiger charge is -2.27. The molecule has 1 amide bonds. The van der Waals surface area contributed by atoms with Crippen LogP contribution in [0.15, 0.2) is 48.5 Å². The molecule has 0 radical (unpaired) electrons. The van der Waals surface area contributed by atoms with Gasteiger partial charge >= 0.3 is 0 Å².